The van der Waals surface area contributed by atoms with Gasteiger partial charge in [-0.1, -0.05) is 12.1 Å². The van der Waals surface area contributed by atoms with Gasteiger partial charge in [-0.25, -0.2) is 0 Å². The molecule has 1 saturated carbocycles. The topological polar surface area (TPSA) is 56.5 Å². The summed E-state index contributed by atoms with van der Waals surface area (Å²) in [5.41, 5.74) is 8.27. The first kappa shape index (κ1) is 14.3. The minimum absolute atomic E-state index is 0.359. The highest BCUT2D eigenvalue weighted by atomic mass is 16.5. The number of nitrogens with two attached hydrogens (primary N) is 1. The Kier molecular flexibility index (Phi) is 5.63. The molecule has 0 heterocycles. The van der Waals surface area contributed by atoms with Crippen LogP contribution in [0.4, 0.5) is 5.69 Å². The van der Waals surface area contributed by atoms with Gasteiger partial charge in [0.15, 0.2) is 0 Å². The molecule has 0 amide bonds. The quantitative estimate of drug-likeness (QED) is 0.741. The van der Waals surface area contributed by atoms with Crippen LogP contribution in [-0.2, 0) is 16.1 Å². The molecule has 2 atom stereocenters. The molecule has 3 N–H and O–H groups in total. The van der Waals surface area contributed by atoms with E-state index in [1.54, 1.807) is 7.11 Å². The first-order valence-corrected chi connectivity index (χ1v) is 6.95. The molecule has 4 nitrogen and oxygen atoms in total. The van der Waals surface area contributed by atoms with Crippen molar-refractivity contribution in [1.29, 1.82) is 0 Å². The van der Waals surface area contributed by atoms with Gasteiger partial charge in [0.25, 0.3) is 0 Å². The number of nitrogens with one attached hydrogen (secondary N) is 1. The molecule has 2 rings (SSSR count). The molecule has 2 unspecified atom stereocenters. The molecular weight excluding hydrogens is 240 g/mol. The summed E-state index contributed by atoms with van der Waals surface area (Å²) >= 11 is 0. The Hall–Kier alpha value is -1.10. The summed E-state index contributed by atoms with van der Waals surface area (Å²) in [4.78, 5) is 0. The summed E-state index contributed by atoms with van der Waals surface area (Å²) in [6, 6.07) is 9.27. The Morgan fingerprint density at radius 3 is 2.95 bits per heavy atom. The lowest BCUT2D eigenvalue weighted by Crippen LogP contribution is -2.20. The first-order valence-electron chi connectivity index (χ1n) is 6.95. The first-order chi connectivity index (χ1) is 9.28. The molecule has 0 aliphatic heterocycles. The molecule has 4 heteroatoms. The maximum absolute atomic E-state index is 5.93. The molecule has 0 radical (unpaired) electrons. The van der Waals surface area contributed by atoms with Gasteiger partial charge < -0.3 is 20.5 Å². The van der Waals surface area contributed by atoms with Crippen LogP contribution in [0.25, 0.3) is 0 Å². The van der Waals surface area contributed by atoms with Crippen LogP contribution >= 0.6 is 0 Å². The number of methoxy groups -OCH3 is 1. The van der Waals surface area contributed by atoms with E-state index in [0.717, 1.165) is 24.9 Å². The van der Waals surface area contributed by atoms with Crippen LogP contribution in [-0.4, -0.2) is 32.4 Å². The zero-order valence-electron chi connectivity index (χ0n) is 11.6. The van der Waals surface area contributed by atoms with Crippen molar-refractivity contribution in [3.8, 4) is 0 Å². The summed E-state index contributed by atoms with van der Waals surface area (Å²) in [6.07, 6.45) is 3.35. The maximum Gasteiger partial charge on any atom is 0.0718 e. The Balaban J connectivity index is 1.81. The van der Waals surface area contributed by atoms with E-state index in [-0.39, 0.29) is 0 Å². The highest BCUT2D eigenvalue weighted by Gasteiger charge is 2.21. The van der Waals surface area contributed by atoms with Gasteiger partial charge in [-0.2, -0.15) is 0 Å². The Bertz CT molecular complexity index is 384. The third kappa shape index (κ3) is 4.82. The SMILES string of the molecule is COCCOCc1cccc(NC2CCC(N)C2)c1. The van der Waals surface area contributed by atoms with Crippen LogP contribution in [0.3, 0.4) is 0 Å². The standard InChI is InChI=1S/C15H24N2O2/c1-18-7-8-19-11-12-3-2-4-14(9-12)17-15-6-5-13(16)10-15/h2-4,9,13,15,17H,5-8,10-11,16H2,1H3. The highest BCUT2D eigenvalue weighted by molar-refractivity contribution is 5.46. The maximum atomic E-state index is 5.93. The van der Waals surface area contributed by atoms with Gasteiger partial charge in [0.2, 0.25) is 0 Å². The largest absolute Gasteiger partial charge is 0.382 e. The summed E-state index contributed by atoms with van der Waals surface area (Å²) in [5, 5.41) is 3.55. The van der Waals surface area contributed by atoms with E-state index in [1.165, 1.54) is 5.56 Å². The molecular formula is C15H24N2O2. The molecule has 1 aromatic carbocycles. The zero-order chi connectivity index (χ0) is 13.5. The van der Waals surface area contributed by atoms with Crippen molar-refractivity contribution in [2.24, 2.45) is 5.73 Å². The van der Waals surface area contributed by atoms with Crippen LogP contribution in [0, 0.1) is 0 Å². The van der Waals surface area contributed by atoms with E-state index in [0.29, 0.717) is 31.9 Å². The fourth-order valence-corrected chi connectivity index (χ4v) is 2.47. The highest BCUT2D eigenvalue weighted by Crippen LogP contribution is 2.22. The van der Waals surface area contributed by atoms with Crippen LogP contribution in [0.1, 0.15) is 24.8 Å². The minimum Gasteiger partial charge on any atom is -0.382 e. The van der Waals surface area contributed by atoms with Crippen LogP contribution in [0.2, 0.25) is 0 Å². The second-order valence-electron chi connectivity index (χ2n) is 5.16. The molecule has 106 valence electrons. The smallest absolute Gasteiger partial charge is 0.0718 e. The molecule has 0 bridgehead atoms. The van der Waals surface area contributed by atoms with Crippen molar-refractivity contribution in [2.75, 3.05) is 25.6 Å². The van der Waals surface area contributed by atoms with Crippen molar-refractivity contribution in [3.05, 3.63) is 29.8 Å². The average molecular weight is 264 g/mol. The average Bonchev–Trinajstić information content (AvgIpc) is 2.81. The van der Waals surface area contributed by atoms with E-state index in [4.69, 9.17) is 15.2 Å². The number of ether oxygens (including phenoxy) is 2. The summed E-state index contributed by atoms with van der Waals surface area (Å²) in [6.45, 7) is 1.90. The molecule has 19 heavy (non-hydrogen) atoms. The monoisotopic (exact) mass is 264 g/mol. The van der Waals surface area contributed by atoms with Crippen molar-refractivity contribution < 1.29 is 9.47 Å². The second kappa shape index (κ2) is 7.48. The molecule has 0 aromatic heterocycles. The lowest BCUT2D eigenvalue weighted by Gasteiger charge is -2.15. The third-order valence-electron chi connectivity index (χ3n) is 3.47. The predicted molar refractivity (Wildman–Crippen MR) is 77.2 cm³/mol. The Morgan fingerprint density at radius 2 is 2.21 bits per heavy atom. The van der Waals surface area contributed by atoms with Crippen LogP contribution < -0.4 is 11.1 Å². The number of benzene rings is 1. The normalized spacial score (nSPS) is 22.6. The fourth-order valence-electron chi connectivity index (χ4n) is 2.47. The fraction of sp³-hybridized carbons (Fsp3) is 0.600. The molecule has 1 fully saturated rings. The molecule has 0 spiro atoms. The van der Waals surface area contributed by atoms with Gasteiger partial charge in [-0.15, -0.1) is 0 Å². The number of hydrogen-bond acceptors (Lipinski definition) is 4. The van der Waals surface area contributed by atoms with Gasteiger partial charge in [0.05, 0.1) is 19.8 Å². The van der Waals surface area contributed by atoms with Crippen LogP contribution in [0.15, 0.2) is 24.3 Å². The van der Waals surface area contributed by atoms with Crippen molar-refractivity contribution in [2.45, 2.75) is 38.0 Å². The third-order valence-corrected chi connectivity index (χ3v) is 3.47. The predicted octanol–water partition coefficient (Wildman–Crippen LogP) is 2.14. The van der Waals surface area contributed by atoms with E-state index in [1.807, 2.05) is 0 Å². The van der Waals surface area contributed by atoms with Gasteiger partial charge >= 0.3 is 0 Å². The minimum atomic E-state index is 0.359. The van der Waals surface area contributed by atoms with Gasteiger partial charge in [-0.3, -0.25) is 0 Å². The van der Waals surface area contributed by atoms with Crippen molar-refractivity contribution in [1.82, 2.24) is 0 Å². The number of hydrogen-bond donors (Lipinski definition) is 2. The van der Waals surface area contributed by atoms with Gasteiger partial charge in [0.1, 0.15) is 0 Å². The van der Waals surface area contributed by atoms with Gasteiger partial charge in [0, 0.05) is 24.9 Å². The zero-order valence-corrected chi connectivity index (χ0v) is 11.6. The summed E-state index contributed by atoms with van der Waals surface area (Å²) in [7, 11) is 1.68. The van der Waals surface area contributed by atoms with Crippen molar-refractivity contribution >= 4 is 5.69 Å². The lowest BCUT2D eigenvalue weighted by molar-refractivity contribution is 0.0617. The molecule has 1 aromatic rings. The van der Waals surface area contributed by atoms with E-state index < -0.39 is 0 Å². The second-order valence-corrected chi connectivity index (χ2v) is 5.16. The van der Waals surface area contributed by atoms with Gasteiger partial charge in [-0.05, 0) is 37.0 Å². The number of rotatable bonds is 7. The van der Waals surface area contributed by atoms with Crippen LogP contribution in [0.5, 0.6) is 0 Å². The van der Waals surface area contributed by atoms with Crippen molar-refractivity contribution in [3.63, 3.8) is 0 Å². The summed E-state index contributed by atoms with van der Waals surface area (Å²) in [5.74, 6) is 0. The molecule has 0 saturated heterocycles. The molecule has 1 aliphatic carbocycles. The number of anilines is 1. The van der Waals surface area contributed by atoms with E-state index >= 15 is 0 Å². The Morgan fingerprint density at radius 1 is 1.32 bits per heavy atom. The Labute approximate surface area is 115 Å². The summed E-state index contributed by atoms with van der Waals surface area (Å²) < 4.78 is 10.5. The van der Waals surface area contributed by atoms with E-state index in [9.17, 15) is 0 Å². The lowest BCUT2D eigenvalue weighted by atomic mass is 10.2. The molecule has 1 aliphatic rings. The van der Waals surface area contributed by atoms with E-state index in [2.05, 4.69) is 29.6 Å².